The molecule has 5 heteroatoms. The van der Waals surface area contributed by atoms with Gasteiger partial charge in [0.15, 0.2) is 0 Å². The molecule has 3 rings (SSSR count). The molecule has 2 saturated heterocycles. The van der Waals surface area contributed by atoms with E-state index in [2.05, 4.69) is 17.4 Å². The van der Waals surface area contributed by atoms with Gasteiger partial charge in [0, 0.05) is 25.7 Å². The van der Waals surface area contributed by atoms with Gasteiger partial charge in [-0.15, -0.1) is 12.4 Å². The number of rotatable bonds is 3. The number of nitrogens with one attached hydrogen (secondary N) is 1. The molecule has 1 amide bonds. The van der Waals surface area contributed by atoms with Crippen molar-refractivity contribution in [1.29, 1.82) is 0 Å². The number of hydrogen-bond acceptors (Lipinski definition) is 3. The van der Waals surface area contributed by atoms with Crippen LogP contribution in [0.2, 0.25) is 0 Å². The molecule has 0 saturated carbocycles. The maximum absolute atomic E-state index is 13.0. The second-order valence-electron chi connectivity index (χ2n) is 6.34. The van der Waals surface area contributed by atoms with E-state index in [1.165, 1.54) is 0 Å². The van der Waals surface area contributed by atoms with Gasteiger partial charge in [-0.3, -0.25) is 4.79 Å². The van der Waals surface area contributed by atoms with E-state index in [1.807, 2.05) is 30.1 Å². The highest BCUT2D eigenvalue weighted by Crippen LogP contribution is 2.35. The monoisotopic (exact) mass is 338 g/mol. The van der Waals surface area contributed by atoms with E-state index in [0.29, 0.717) is 6.04 Å². The van der Waals surface area contributed by atoms with Gasteiger partial charge in [0.05, 0.1) is 12.0 Å². The lowest BCUT2D eigenvalue weighted by Gasteiger charge is -2.38. The summed E-state index contributed by atoms with van der Waals surface area (Å²) in [6, 6.07) is 10.7. The van der Waals surface area contributed by atoms with Gasteiger partial charge < -0.3 is 15.0 Å². The number of halogens is 1. The summed E-state index contributed by atoms with van der Waals surface area (Å²) in [7, 11) is 2.00. The minimum absolute atomic E-state index is 0. The standard InChI is InChI=1S/C18H26N2O2.ClH/c1-19-15-9-11-20(12-10-15)18(21)16-8-5-13-22-17(16)14-6-3-2-4-7-14;/h2-4,6-7,15-17,19H,5,8-13H2,1H3;1H. The molecule has 2 aliphatic rings. The second kappa shape index (κ2) is 8.67. The van der Waals surface area contributed by atoms with Crippen LogP contribution in [-0.4, -0.2) is 43.6 Å². The fourth-order valence-corrected chi connectivity index (χ4v) is 3.63. The van der Waals surface area contributed by atoms with Crippen molar-refractivity contribution in [2.24, 2.45) is 5.92 Å². The Morgan fingerprint density at radius 1 is 1.17 bits per heavy atom. The zero-order valence-electron chi connectivity index (χ0n) is 13.7. The van der Waals surface area contributed by atoms with Gasteiger partial charge in [-0.1, -0.05) is 30.3 Å². The van der Waals surface area contributed by atoms with Crippen LogP contribution in [0.4, 0.5) is 0 Å². The van der Waals surface area contributed by atoms with Crippen LogP contribution in [0.5, 0.6) is 0 Å². The predicted octanol–water partition coefficient (Wildman–Crippen LogP) is 2.79. The van der Waals surface area contributed by atoms with Crippen molar-refractivity contribution in [3.63, 3.8) is 0 Å². The lowest BCUT2D eigenvalue weighted by Crippen LogP contribution is -2.47. The Balaban J connectivity index is 0.00000192. The number of carbonyl (C=O) groups excluding carboxylic acids is 1. The molecule has 0 spiro atoms. The van der Waals surface area contributed by atoms with Crippen LogP contribution >= 0.6 is 12.4 Å². The molecule has 1 aromatic carbocycles. The van der Waals surface area contributed by atoms with Gasteiger partial charge in [-0.25, -0.2) is 0 Å². The number of hydrogen-bond donors (Lipinski definition) is 1. The van der Waals surface area contributed by atoms with Crippen molar-refractivity contribution in [2.75, 3.05) is 26.7 Å². The summed E-state index contributed by atoms with van der Waals surface area (Å²) < 4.78 is 5.97. The fraction of sp³-hybridized carbons (Fsp3) is 0.611. The Bertz CT molecular complexity index is 489. The topological polar surface area (TPSA) is 41.6 Å². The van der Waals surface area contributed by atoms with Crippen LogP contribution in [0.15, 0.2) is 30.3 Å². The van der Waals surface area contributed by atoms with E-state index in [1.54, 1.807) is 0 Å². The summed E-state index contributed by atoms with van der Waals surface area (Å²) in [6.45, 7) is 2.48. The zero-order chi connectivity index (χ0) is 15.4. The summed E-state index contributed by atoms with van der Waals surface area (Å²) in [6.07, 6.45) is 3.93. The Kier molecular flexibility index (Phi) is 6.88. The van der Waals surface area contributed by atoms with Crippen molar-refractivity contribution in [1.82, 2.24) is 10.2 Å². The first-order valence-electron chi connectivity index (χ1n) is 8.42. The van der Waals surface area contributed by atoms with Gasteiger partial charge in [0.1, 0.15) is 0 Å². The van der Waals surface area contributed by atoms with Gasteiger partial charge >= 0.3 is 0 Å². The molecule has 2 unspecified atom stereocenters. The predicted molar refractivity (Wildman–Crippen MR) is 93.8 cm³/mol. The van der Waals surface area contributed by atoms with Crippen LogP contribution in [0.25, 0.3) is 0 Å². The third-order valence-electron chi connectivity index (χ3n) is 4.98. The molecule has 0 aliphatic carbocycles. The van der Waals surface area contributed by atoms with Crippen molar-refractivity contribution >= 4 is 18.3 Å². The van der Waals surface area contributed by atoms with Gasteiger partial charge in [0.25, 0.3) is 0 Å². The molecular weight excluding hydrogens is 312 g/mol. The first-order chi connectivity index (χ1) is 10.8. The Morgan fingerprint density at radius 2 is 1.87 bits per heavy atom. The van der Waals surface area contributed by atoms with Crippen LogP contribution in [0.1, 0.15) is 37.4 Å². The van der Waals surface area contributed by atoms with Gasteiger partial charge in [0.2, 0.25) is 5.91 Å². The summed E-state index contributed by atoms with van der Waals surface area (Å²) >= 11 is 0. The Labute approximate surface area is 145 Å². The van der Waals surface area contributed by atoms with Crippen LogP contribution < -0.4 is 5.32 Å². The third-order valence-corrected chi connectivity index (χ3v) is 4.98. The quantitative estimate of drug-likeness (QED) is 0.921. The third kappa shape index (κ3) is 4.25. The van der Waals surface area contributed by atoms with Crippen LogP contribution in [0, 0.1) is 5.92 Å². The lowest BCUT2D eigenvalue weighted by atomic mass is 9.87. The Hall–Kier alpha value is -1.10. The summed E-state index contributed by atoms with van der Waals surface area (Å²) in [5.74, 6) is 0.255. The van der Waals surface area contributed by atoms with Gasteiger partial charge in [-0.05, 0) is 38.3 Å². The molecule has 2 fully saturated rings. The SMILES string of the molecule is CNC1CCN(C(=O)C2CCCOC2c2ccccc2)CC1.Cl. The molecule has 0 radical (unpaired) electrons. The molecule has 1 aromatic rings. The molecule has 23 heavy (non-hydrogen) atoms. The number of likely N-dealkylation sites (tertiary alicyclic amines) is 1. The molecule has 2 aliphatic heterocycles. The molecule has 4 nitrogen and oxygen atoms in total. The maximum Gasteiger partial charge on any atom is 0.228 e. The number of nitrogens with zero attached hydrogens (tertiary/aromatic N) is 1. The molecule has 1 N–H and O–H groups in total. The average Bonchev–Trinajstić information content (AvgIpc) is 2.62. The minimum atomic E-state index is -0.0792. The van der Waals surface area contributed by atoms with Crippen LogP contribution in [0.3, 0.4) is 0 Å². The molecule has 2 heterocycles. The van der Waals surface area contributed by atoms with Gasteiger partial charge in [-0.2, -0.15) is 0 Å². The second-order valence-corrected chi connectivity index (χ2v) is 6.34. The Morgan fingerprint density at radius 3 is 2.52 bits per heavy atom. The number of ether oxygens (including phenoxy) is 1. The van der Waals surface area contributed by atoms with Crippen molar-refractivity contribution in [3.05, 3.63) is 35.9 Å². The van der Waals surface area contributed by atoms with Crippen LogP contribution in [-0.2, 0) is 9.53 Å². The molecule has 128 valence electrons. The highest BCUT2D eigenvalue weighted by Gasteiger charge is 2.36. The summed E-state index contributed by atoms with van der Waals surface area (Å²) in [5, 5.41) is 3.31. The molecule has 2 atom stereocenters. The van der Waals surface area contributed by atoms with E-state index < -0.39 is 0 Å². The van der Waals surface area contributed by atoms with E-state index in [4.69, 9.17) is 4.74 Å². The smallest absolute Gasteiger partial charge is 0.228 e. The van der Waals surface area contributed by atoms with E-state index in [-0.39, 0.29) is 30.3 Å². The zero-order valence-corrected chi connectivity index (χ0v) is 14.6. The number of benzene rings is 1. The van der Waals surface area contributed by atoms with E-state index in [9.17, 15) is 4.79 Å². The maximum atomic E-state index is 13.0. The average molecular weight is 339 g/mol. The first kappa shape index (κ1) is 18.2. The molecule has 0 bridgehead atoms. The number of amides is 1. The normalized spacial score (nSPS) is 25.7. The van der Waals surface area contributed by atoms with Crippen molar-refractivity contribution in [2.45, 2.75) is 37.8 Å². The number of piperidine rings is 1. The minimum Gasteiger partial charge on any atom is -0.373 e. The summed E-state index contributed by atoms with van der Waals surface area (Å²) in [5.41, 5.74) is 1.13. The van der Waals surface area contributed by atoms with Crippen molar-refractivity contribution in [3.8, 4) is 0 Å². The highest BCUT2D eigenvalue weighted by atomic mass is 35.5. The lowest BCUT2D eigenvalue weighted by molar-refractivity contribution is -0.146. The summed E-state index contributed by atoms with van der Waals surface area (Å²) in [4.78, 5) is 15.0. The first-order valence-corrected chi connectivity index (χ1v) is 8.42. The van der Waals surface area contributed by atoms with E-state index in [0.717, 1.165) is 50.9 Å². The highest BCUT2D eigenvalue weighted by molar-refractivity contribution is 5.85. The molecule has 0 aromatic heterocycles. The largest absolute Gasteiger partial charge is 0.373 e. The molecular formula is C18H27ClN2O2. The number of carbonyl (C=O) groups is 1. The van der Waals surface area contributed by atoms with E-state index >= 15 is 0 Å². The van der Waals surface area contributed by atoms with Crippen molar-refractivity contribution < 1.29 is 9.53 Å². The fourth-order valence-electron chi connectivity index (χ4n) is 3.63.